The predicted octanol–water partition coefficient (Wildman–Crippen LogP) is 4.94. The molecule has 1 N–H and O–H groups in total. The van der Waals surface area contributed by atoms with Crippen LogP contribution < -0.4 is 4.74 Å². The molecule has 1 heterocycles. The van der Waals surface area contributed by atoms with Crippen LogP contribution >= 0.6 is 0 Å². The molecule has 0 radical (unpaired) electrons. The second kappa shape index (κ2) is 8.65. The molecule has 0 saturated heterocycles. The van der Waals surface area contributed by atoms with Gasteiger partial charge in [0.15, 0.2) is 0 Å². The molecule has 31 heavy (non-hydrogen) atoms. The molecule has 0 aliphatic heterocycles. The molecule has 158 valence electrons. The van der Waals surface area contributed by atoms with Gasteiger partial charge in [0.2, 0.25) is 5.89 Å². The second-order valence-electron chi connectivity index (χ2n) is 8.04. The van der Waals surface area contributed by atoms with E-state index in [1.54, 1.807) is 6.07 Å². The van der Waals surface area contributed by atoms with Crippen molar-refractivity contribution in [2.75, 3.05) is 6.61 Å². The highest BCUT2D eigenvalue weighted by Gasteiger charge is 2.44. The largest absolute Gasteiger partial charge is 0.493 e. The standard InChI is InChI=1S/C25H24N2O4/c1-17-22(27-23(31-17)21-6-3-2-5-19(21)16-26)11-14-30-20-9-7-18(8-10-20)15-25(24(28)29)12-4-13-25/h2-3,5-10H,4,11-15H2,1H3,(H,28,29). The Balaban J connectivity index is 1.35. The number of rotatable bonds is 8. The van der Waals surface area contributed by atoms with Gasteiger partial charge >= 0.3 is 5.97 Å². The number of carbonyl (C=O) groups is 1. The molecule has 6 nitrogen and oxygen atoms in total. The van der Waals surface area contributed by atoms with Crippen LogP contribution in [0.5, 0.6) is 5.75 Å². The molecule has 1 fully saturated rings. The van der Waals surface area contributed by atoms with E-state index in [0.717, 1.165) is 36.3 Å². The van der Waals surface area contributed by atoms with Crippen LogP contribution in [0.4, 0.5) is 0 Å². The first-order chi connectivity index (χ1) is 15.0. The highest BCUT2D eigenvalue weighted by atomic mass is 16.5. The number of benzene rings is 2. The van der Waals surface area contributed by atoms with Crippen molar-refractivity contribution < 1.29 is 19.1 Å². The molecule has 0 unspecified atom stereocenters. The van der Waals surface area contributed by atoms with Crippen LogP contribution in [-0.4, -0.2) is 22.7 Å². The quantitative estimate of drug-likeness (QED) is 0.559. The third kappa shape index (κ3) is 4.31. The van der Waals surface area contributed by atoms with Crippen LogP contribution in [0.25, 0.3) is 11.5 Å². The first-order valence-corrected chi connectivity index (χ1v) is 10.4. The maximum Gasteiger partial charge on any atom is 0.309 e. The molecule has 0 atom stereocenters. The molecule has 6 heteroatoms. The number of nitrogens with zero attached hydrogens (tertiary/aromatic N) is 2. The minimum atomic E-state index is -0.696. The fraction of sp³-hybridized carbons (Fsp3) is 0.320. The minimum absolute atomic E-state index is 0.436. The number of aliphatic carboxylic acids is 1. The molecule has 0 bridgehead atoms. The Kier molecular flexibility index (Phi) is 5.77. The van der Waals surface area contributed by atoms with Crippen molar-refractivity contribution in [1.82, 2.24) is 4.98 Å². The highest BCUT2D eigenvalue weighted by Crippen LogP contribution is 2.44. The summed E-state index contributed by atoms with van der Waals surface area (Å²) >= 11 is 0. The summed E-state index contributed by atoms with van der Waals surface area (Å²) in [5, 5.41) is 18.8. The maximum atomic E-state index is 11.6. The van der Waals surface area contributed by atoms with Gasteiger partial charge in [-0.3, -0.25) is 4.79 Å². The van der Waals surface area contributed by atoms with Crippen molar-refractivity contribution in [3.05, 3.63) is 71.1 Å². The van der Waals surface area contributed by atoms with Gasteiger partial charge in [-0.05, 0) is 56.0 Å². The summed E-state index contributed by atoms with van der Waals surface area (Å²) in [4.78, 5) is 16.1. The van der Waals surface area contributed by atoms with Crippen molar-refractivity contribution in [1.29, 1.82) is 5.26 Å². The summed E-state index contributed by atoms with van der Waals surface area (Å²) in [6.45, 7) is 2.29. The molecule has 3 aromatic rings. The maximum absolute atomic E-state index is 11.6. The topological polar surface area (TPSA) is 96.4 Å². The Hall–Kier alpha value is -3.59. The SMILES string of the molecule is Cc1oc(-c2ccccc2C#N)nc1CCOc1ccc(CC2(C(=O)O)CCC2)cc1. The number of aryl methyl sites for hydroxylation is 1. The summed E-state index contributed by atoms with van der Waals surface area (Å²) in [7, 11) is 0. The number of oxazole rings is 1. The molecular weight excluding hydrogens is 392 g/mol. The van der Waals surface area contributed by atoms with Gasteiger partial charge in [0, 0.05) is 6.42 Å². The highest BCUT2D eigenvalue weighted by molar-refractivity contribution is 5.76. The fourth-order valence-corrected chi connectivity index (χ4v) is 3.97. The molecule has 1 aliphatic rings. The average Bonchev–Trinajstić information content (AvgIpc) is 3.12. The van der Waals surface area contributed by atoms with Gasteiger partial charge < -0.3 is 14.3 Å². The van der Waals surface area contributed by atoms with Crippen LogP contribution in [-0.2, 0) is 17.6 Å². The molecule has 2 aromatic carbocycles. The van der Waals surface area contributed by atoms with Crippen LogP contribution in [0.15, 0.2) is 52.9 Å². The summed E-state index contributed by atoms with van der Waals surface area (Å²) < 4.78 is 11.6. The van der Waals surface area contributed by atoms with Gasteiger partial charge in [0.25, 0.3) is 0 Å². The zero-order valence-corrected chi connectivity index (χ0v) is 17.4. The van der Waals surface area contributed by atoms with Gasteiger partial charge in [0.05, 0.1) is 34.9 Å². The number of hydrogen-bond donors (Lipinski definition) is 1. The first kappa shape index (κ1) is 20.7. The number of aromatic nitrogens is 1. The van der Waals surface area contributed by atoms with Gasteiger partial charge in [0.1, 0.15) is 11.5 Å². The van der Waals surface area contributed by atoms with Crippen LogP contribution in [0.1, 0.15) is 41.8 Å². The average molecular weight is 416 g/mol. The van der Waals surface area contributed by atoms with Gasteiger partial charge in [-0.15, -0.1) is 0 Å². The van der Waals surface area contributed by atoms with E-state index in [2.05, 4.69) is 11.1 Å². The van der Waals surface area contributed by atoms with Gasteiger partial charge in [-0.2, -0.15) is 5.26 Å². The van der Waals surface area contributed by atoms with Crippen LogP contribution in [0.3, 0.4) is 0 Å². The zero-order chi connectivity index (χ0) is 21.8. The smallest absolute Gasteiger partial charge is 0.309 e. The van der Waals surface area contributed by atoms with Crippen molar-refractivity contribution in [3.8, 4) is 23.3 Å². The zero-order valence-electron chi connectivity index (χ0n) is 17.4. The van der Waals surface area contributed by atoms with E-state index in [-0.39, 0.29) is 0 Å². The Labute approximate surface area is 181 Å². The summed E-state index contributed by atoms with van der Waals surface area (Å²) in [5.74, 6) is 1.19. The molecule has 1 aliphatic carbocycles. The second-order valence-corrected chi connectivity index (χ2v) is 8.04. The fourth-order valence-electron chi connectivity index (χ4n) is 3.97. The third-order valence-corrected chi connectivity index (χ3v) is 6.01. The Bertz CT molecular complexity index is 1120. The van der Waals surface area contributed by atoms with E-state index >= 15 is 0 Å². The van der Waals surface area contributed by atoms with E-state index in [9.17, 15) is 15.2 Å². The van der Waals surface area contributed by atoms with Gasteiger partial charge in [-0.1, -0.05) is 30.7 Å². The summed E-state index contributed by atoms with van der Waals surface area (Å²) in [6.07, 6.45) is 3.62. The van der Waals surface area contributed by atoms with Crippen molar-refractivity contribution in [2.45, 2.75) is 39.0 Å². The van der Waals surface area contributed by atoms with Crippen LogP contribution in [0, 0.1) is 23.7 Å². The molecule has 4 rings (SSSR count). The van der Waals surface area contributed by atoms with Crippen LogP contribution in [0.2, 0.25) is 0 Å². The normalized spacial score (nSPS) is 14.5. The molecule has 0 spiro atoms. The monoisotopic (exact) mass is 416 g/mol. The third-order valence-electron chi connectivity index (χ3n) is 6.01. The first-order valence-electron chi connectivity index (χ1n) is 10.4. The molecular formula is C25H24N2O4. The van der Waals surface area contributed by atoms with E-state index in [4.69, 9.17) is 9.15 Å². The summed E-state index contributed by atoms with van der Waals surface area (Å²) in [6, 6.07) is 17.0. The van der Waals surface area contributed by atoms with E-state index < -0.39 is 11.4 Å². The van der Waals surface area contributed by atoms with Crippen molar-refractivity contribution in [2.24, 2.45) is 5.41 Å². The Morgan fingerprint density at radius 2 is 1.97 bits per heavy atom. The Morgan fingerprint density at radius 1 is 1.23 bits per heavy atom. The van der Waals surface area contributed by atoms with E-state index in [1.807, 2.05) is 49.4 Å². The number of carboxylic acids is 1. The van der Waals surface area contributed by atoms with E-state index in [0.29, 0.717) is 42.2 Å². The van der Waals surface area contributed by atoms with Gasteiger partial charge in [-0.25, -0.2) is 4.98 Å². The van der Waals surface area contributed by atoms with E-state index in [1.165, 1.54) is 0 Å². The lowest BCUT2D eigenvalue weighted by Gasteiger charge is -2.37. The van der Waals surface area contributed by atoms with Crippen molar-refractivity contribution in [3.63, 3.8) is 0 Å². The Morgan fingerprint density at radius 3 is 2.61 bits per heavy atom. The lowest BCUT2D eigenvalue weighted by atomic mass is 9.65. The van der Waals surface area contributed by atoms with Crippen molar-refractivity contribution >= 4 is 5.97 Å². The predicted molar refractivity (Wildman–Crippen MR) is 115 cm³/mol. The summed E-state index contributed by atoms with van der Waals surface area (Å²) in [5.41, 5.74) is 2.43. The lowest BCUT2D eigenvalue weighted by molar-refractivity contribution is -0.154. The number of ether oxygens (including phenoxy) is 1. The number of carboxylic acid groups (broad SMARTS) is 1. The molecule has 0 amide bonds. The number of nitriles is 1. The molecule has 1 saturated carbocycles. The molecule has 1 aromatic heterocycles. The number of hydrogen-bond acceptors (Lipinski definition) is 5. The minimum Gasteiger partial charge on any atom is -0.493 e. The lowest BCUT2D eigenvalue weighted by Crippen LogP contribution is -2.39.